The van der Waals surface area contributed by atoms with Crippen LogP contribution in [0.1, 0.15) is 19.4 Å². The molecule has 0 fully saturated rings. The summed E-state index contributed by atoms with van der Waals surface area (Å²) in [6, 6.07) is 8.13. The first-order chi connectivity index (χ1) is 13.4. The zero-order valence-corrected chi connectivity index (χ0v) is 16.2. The molecule has 3 aromatic heterocycles. The van der Waals surface area contributed by atoms with Gasteiger partial charge in [0.25, 0.3) is 0 Å². The van der Waals surface area contributed by atoms with Crippen LogP contribution in [0.2, 0.25) is 5.28 Å². The Kier molecular flexibility index (Phi) is 4.43. The number of carbonyl (C=O) groups is 1. The van der Waals surface area contributed by atoms with Crippen molar-refractivity contribution in [2.24, 2.45) is 0 Å². The van der Waals surface area contributed by atoms with Gasteiger partial charge in [-0.05, 0) is 43.5 Å². The number of aliphatic carboxylic acids is 1. The van der Waals surface area contributed by atoms with E-state index in [0.717, 1.165) is 11.9 Å². The molecule has 9 heteroatoms. The number of aromatic amines is 1. The number of aromatic nitrogens is 5. The quantitative estimate of drug-likeness (QED) is 0.429. The number of para-hydroxylation sites is 1. The second-order valence-corrected chi connectivity index (χ2v) is 7.37. The highest BCUT2D eigenvalue weighted by Gasteiger charge is 2.32. The summed E-state index contributed by atoms with van der Waals surface area (Å²) in [7, 11) is 0. The van der Waals surface area contributed by atoms with Crippen LogP contribution in [-0.4, -0.2) is 42.1 Å². The molecule has 0 aliphatic heterocycles. The largest absolute Gasteiger partial charge is 0.480 e. The van der Waals surface area contributed by atoms with Crippen LogP contribution < -0.4 is 5.32 Å². The van der Waals surface area contributed by atoms with Crippen molar-refractivity contribution in [1.82, 2.24) is 24.5 Å². The number of hydrogen-bond acceptors (Lipinski definition) is 5. The standard InChI is InChI=1S/C19H19ClN6O2/c1-19(2,17(27)28)26-10-23-14-15(24-18(20)25-16(14)26)21-8-7-11-9-22-13-6-4-3-5-12(11)13/h3-6,9-10,22H,7-8H2,1-2H3,(H,27,28)(H,21,24,25). The summed E-state index contributed by atoms with van der Waals surface area (Å²) in [6.45, 7) is 3.77. The molecule has 0 saturated carbocycles. The third-order valence-corrected chi connectivity index (χ3v) is 5.03. The van der Waals surface area contributed by atoms with Gasteiger partial charge in [-0.2, -0.15) is 9.97 Å². The number of nitrogens with zero attached hydrogens (tertiary/aromatic N) is 4. The average molecular weight is 399 g/mol. The molecule has 0 bridgehead atoms. The Morgan fingerprint density at radius 3 is 2.89 bits per heavy atom. The zero-order valence-electron chi connectivity index (χ0n) is 15.4. The second kappa shape index (κ2) is 6.79. The monoisotopic (exact) mass is 398 g/mol. The Hall–Kier alpha value is -3.13. The van der Waals surface area contributed by atoms with Crippen molar-refractivity contribution >= 4 is 45.5 Å². The number of H-pyrrole nitrogens is 1. The van der Waals surface area contributed by atoms with Crippen molar-refractivity contribution in [3.05, 3.63) is 47.6 Å². The van der Waals surface area contributed by atoms with Gasteiger partial charge in [0.1, 0.15) is 5.54 Å². The summed E-state index contributed by atoms with van der Waals surface area (Å²) in [4.78, 5) is 27.6. The minimum atomic E-state index is -1.21. The lowest BCUT2D eigenvalue weighted by Gasteiger charge is -2.21. The number of hydrogen-bond donors (Lipinski definition) is 3. The molecule has 3 heterocycles. The van der Waals surface area contributed by atoms with E-state index in [9.17, 15) is 9.90 Å². The molecule has 0 spiro atoms. The van der Waals surface area contributed by atoms with Gasteiger partial charge in [0.05, 0.1) is 6.33 Å². The van der Waals surface area contributed by atoms with Gasteiger partial charge < -0.3 is 15.4 Å². The van der Waals surface area contributed by atoms with Gasteiger partial charge in [-0.1, -0.05) is 18.2 Å². The van der Waals surface area contributed by atoms with Crippen LogP contribution in [0.3, 0.4) is 0 Å². The number of anilines is 1. The second-order valence-electron chi connectivity index (χ2n) is 7.03. The Balaban J connectivity index is 1.60. The van der Waals surface area contributed by atoms with Crippen molar-refractivity contribution in [2.45, 2.75) is 25.8 Å². The van der Waals surface area contributed by atoms with Gasteiger partial charge >= 0.3 is 5.97 Å². The third-order valence-electron chi connectivity index (χ3n) is 4.86. The van der Waals surface area contributed by atoms with E-state index in [1.165, 1.54) is 21.8 Å². The number of halogens is 1. The minimum absolute atomic E-state index is 0.0324. The maximum atomic E-state index is 11.6. The van der Waals surface area contributed by atoms with Crippen LogP contribution in [0.4, 0.5) is 5.82 Å². The van der Waals surface area contributed by atoms with E-state index >= 15 is 0 Å². The lowest BCUT2D eigenvalue weighted by Crippen LogP contribution is -2.35. The van der Waals surface area contributed by atoms with E-state index < -0.39 is 11.5 Å². The van der Waals surface area contributed by atoms with Gasteiger partial charge in [-0.25, -0.2) is 9.78 Å². The predicted molar refractivity (Wildman–Crippen MR) is 108 cm³/mol. The van der Waals surface area contributed by atoms with Crippen LogP contribution in [0.5, 0.6) is 0 Å². The van der Waals surface area contributed by atoms with E-state index in [1.54, 1.807) is 13.8 Å². The summed E-state index contributed by atoms with van der Waals surface area (Å²) in [6.07, 6.45) is 4.22. The van der Waals surface area contributed by atoms with Gasteiger partial charge in [0.2, 0.25) is 5.28 Å². The summed E-state index contributed by atoms with van der Waals surface area (Å²) < 4.78 is 1.49. The molecular formula is C19H19ClN6O2. The van der Waals surface area contributed by atoms with E-state index in [4.69, 9.17) is 11.6 Å². The van der Waals surface area contributed by atoms with E-state index in [-0.39, 0.29) is 5.28 Å². The number of fused-ring (bicyclic) bond motifs is 2. The van der Waals surface area contributed by atoms with E-state index in [2.05, 4.69) is 31.3 Å². The van der Waals surface area contributed by atoms with Gasteiger partial charge in [-0.15, -0.1) is 0 Å². The number of benzene rings is 1. The van der Waals surface area contributed by atoms with Crippen molar-refractivity contribution in [2.75, 3.05) is 11.9 Å². The fraction of sp³-hybridized carbons (Fsp3) is 0.263. The first-order valence-corrected chi connectivity index (χ1v) is 9.19. The number of carboxylic acid groups (broad SMARTS) is 1. The SMILES string of the molecule is CC(C)(C(=O)O)n1cnc2c(NCCc3c[nH]c4ccccc34)nc(Cl)nc21. The van der Waals surface area contributed by atoms with E-state index in [0.29, 0.717) is 23.5 Å². The molecule has 0 unspecified atom stereocenters. The highest BCUT2D eigenvalue weighted by atomic mass is 35.5. The molecule has 0 radical (unpaired) electrons. The van der Waals surface area contributed by atoms with Gasteiger partial charge in [0, 0.05) is 23.6 Å². The van der Waals surface area contributed by atoms with E-state index in [1.807, 2.05) is 24.4 Å². The Bertz CT molecular complexity index is 1180. The third kappa shape index (κ3) is 3.05. The zero-order chi connectivity index (χ0) is 19.9. The van der Waals surface area contributed by atoms with Gasteiger partial charge in [-0.3, -0.25) is 4.57 Å². The van der Waals surface area contributed by atoms with Crippen LogP contribution in [-0.2, 0) is 16.8 Å². The van der Waals surface area contributed by atoms with Crippen LogP contribution in [0.25, 0.3) is 22.1 Å². The molecule has 144 valence electrons. The molecule has 28 heavy (non-hydrogen) atoms. The fourth-order valence-electron chi connectivity index (χ4n) is 3.16. The molecule has 0 saturated heterocycles. The molecule has 0 atom stereocenters. The molecule has 4 aromatic rings. The Morgan fingerprint density at radius 1 is 1.32 bits per heavy atom. The van der Waals surface area contributed by atoms with Crippen molar-refractivity contribution < 1.29 is 9.90 Å². The summed E-state index contributed by atoms with van der Waals surface area (Å²) in [5, 5.41) is 14.0. The molecule has 4 rings (SSSR count). The van der Waals surface area contributed by atoms with Crippen molar-refractivity contribution in [3.63, 3.8) is 0 Å². The number of rotatable bonds is 6. The molecular weight excluding hydrogens is 380 g/mol. The van der Waals surface area contributed by atoms with Crippen molar-refractivity contribution in [1.29, 1.82) is 0 Å². The minimum Gasteiger partial charge on any atom is -0.480 e. The smallest absolute Gasteiger partial charge is 0.329 e. The summed E-state index contributed by atoms with van der Waals surface area (Å²) >= 11 is 6.08. The Morgan fingerprint density at radius 2 is 2.11 bits per heavy atom. The maximum Gasteiger partial charge on any atom is 0.329 e. The topological polar surface area (TPSA) is 109 Å². The molecule has 1 aromatic carbocycles. The molecule has 8 nitrogen and oxygen atoms in total. The van der Waals surface area contributed by atoms with Crippen LogP contribution in [0, 0.1) is 0 Å². The van der Waals surface area contributed by atoms with Crippen LogP contribution >= 0.6 is 11.6 Å². The lowest BCUT2D eigenvalue weighted by atomic mass is 10.1. The van der Waals surface area contributed by atoms with Gasteiger partial charge in [0.15, 0.2) is 17.0 Å². The normalized spacial score (nSPS) is 12.0. The maximum absolute atomic E-state index is 11.6. The highest BCUT2D eigenvalue weighted by molar-refractivity contribution is 6.28. The summed E-state index contributed by atoms with van der Waals surface area (Å²) in [5.74, 6) is -0.509. The number of carboxylic acids is 1. The van der Waals surface area contributed by atoms with Crippen molar-refractivity contribution in [3.8, 4) is 0 Å². The fourth-order valence-corrected chi connectivity index (χ4v) is 3.33. The first-order valence-electron chi connectivity index (χ1n) is 8.81. The molecule has 0 aliphatic rings. The predicted octanol–water partition coefficient (Wildman–Crippen LogP) is 3.44. The highest BCUT2D eigenvalue weighted by Crippen LogP contribution is 2.26. The number of nitrogens with one attached hydrogen (secondary N) is 2. The molecule has 0 aliphatic carbocycles. The Labute approximate surface area is 165 Å². The average Bonchev–Trinajstić information content (AvgIpc) is 3.26. The lowest BCUT2D eigenvalue weighted by molar-refractivity contribution is -0.145. The van der Waals surface area contributed by atoms with Crippen LogP contribution in [0.15, 0.2) is 36.8 Å². The number of imidazole rings is 1. The molecule has 0 amide bonds. The molecule has 3 N–H and O–H groups in total. The first kappa shape index (κ1) is 18.2. The summed E-state index contributed by atoms with van der Waals surface area (Å²) in [5.41, 5.74) is 1.93.